The molecule has 0 spiro atoms. The van der Waals surface area contributed by atoms with Crippen LogP contribution in [0.3, 0.4) is 0 Å². The molecule has 0 bridgehead atoms. The Morgan fingerprint density at radius 3 is 2.85 bits per heavy atom. The van der Waals surface area contributed by atoms with Crippen molar-refractivity contribution in [1.82, 2.24) is 0 Å². The molecule has 0 atom stereocenters. The van der Waals surface area contributed by atoms with Crippen LogP contribution < -0.4 is 14.8 Å². The summed E-state index contributed by atoms with van der Waals surface area (Å²) < 4.78 is 15.8. The van der Waals surface area contributed by atoms with E-state index in [1.54, 1.807) is 25.1 Å². The standard InChI is InChI=1S/C19H19NO5S/c1-2-23-19(22)16-12-5-3-4-6-15(12)26-18(16)20-17(21)11-7-8-13-14(9-11)25-10-24-13/h7-9H,2-6,10H2,1H3,(H,20,21). The fraction of sp³-hybridized carbons (Fsp3) is 0.368. The Labute approximate surface area is 155 Å². The van der Waals surface area contributed by atoms with Gasteiger partial charge in [-0.2, -0.15) is 0 Å². The second-order valence-corrected chi connectivity index (χ2v) is 7.26. The molecule has 136 valence electrons. The molecule has 0 unspecified atom stereocenters. The van der Waals surface area contributed by atoms with Gasteiger partial charge in [-0.05, 0) is 56.4 Å². The largest absolute Gasteiger partial charge is 0.462 e. The van der Waals surface area contributed by atoms with E-state index in [1.807, 2.05) is 0 Å². The number of aryl methyl sites for hydroxylation is 1. The maximum absolute atomic E-state index is 12.7. The SMILES string of the molecule is CCOC(=O)c1c(NC(=O)c2ccc3c(c2)OCO3)sc2c1CCCC2. The first-order chi connectivity index (χ1) is 12.7. The van der Waals surface area contributed by atoms with Crippen LogP contribution in [0.2, 0.25) is 0 Å². The van der Waals surface area contributed by atoms with E-state index >= 15 is 0 Å². The van der Waals surface area contributed by atoms with Gasteiger partial charge in [0.05, 0.1) is 12.2 Å². The number of carbonyl (C=O) groups is 2. The molecule has 0 radical (unpaired) electrons. The Kier molecular flexibility index (Phi) is 4.55. The van der Waals surface area contributed by atoms with E-state index in [0.717, 1.165) is 31.2 Å². The summed E-state index contributed by atoms with van der Waals surface area (Å²) in [6.07, 6.45) is 3.93. The summed E-state index contributed by atoms with van der Waals surface area (Å²) >= 11 is 1.48. The second kappa shape index (κ2) is 6.99. The molecule has 26 heavy (non-hydrogen) atoms. The second-order valence-electron chi connectivity index (χ2n) is 6.16. The van der Waals surface area contributed by atoms with Crippen molar-refractivity contribution in [3.63, 3.8) is 0 Å². The zero-order chi connectivity index (χ0) is 18.1. The van der Waals surface area contributed by atoms with Crippen molar-refractivity contribution in [2.75, 3.05) is 18.7 Å². The van der Waals surface area contributed by atoms with Crippen LogP contribution in [0.5, 0.6) is 11.5 Å². The topological polar surface area (TPSA) is 73.9 Å². The van der Waals surface area contributed by atoms with Crippen molar-refractivity contribution >= 4 is 28.2 Å². The van der Waals surface area contributed by atoms with Gasteiger partial charge in [-0.25, -0.2) is 4.79 Å². The Balaban J connectivity index is 1.64. The molecule has 1 amide bonds. The van der Waals surface area contributed by atoms with Gasteiger partial charge in [0, 0.05) is 10.4 Å². The first-order valence-corrected chi connectivity index (χ1v) is 9.51. The van der Waals surface area contributed by atoms with E-state index in [1.165, 1.54) is 16.2 Å². The summed E-state index contributed by atoms with van der Waals surface area (Å²) in [5, 5.41) is 3.46. The summed E-state index contributed by atoms with van der Waals surface area (Å²) in [5.41, 5.74) is 2.00. The van der Waals surface area contributed by atoms with Crippen LogP contribution in [-0.2, 0) is 17.6 Å². The highest BCUT2D eigenvalue weighted by molar-refractivity contribution is 7.17. The molecule has 1 aromatic carbocycles. The Hall–Kier alpha value is -2.54. The van der Waals surface area contributed by atoms with E-state index < -0.39 is 0 Å². The summed E-state index contributed by atoms with van der Waals surface area (Å²) in [6.45, 7) is 2.24. The predicted molar refractivity (Wildman–Crippen MR) is 97.4 cm³/mol. The number of ether oxygens (including phenoxy) is 3. The van der Waals surface area contributed by atoms with Gasteiger partial charge in [0.25, 0.3) is 5.91 Å². The van der Waals surface area contributed by atoms with Gasteiger partial charge in [0.15, 0.2) is 11.5 Å². The van der Waals surface area contributed by atoms with Gasteiger partial charge in [-0.1, -0.05) is 0 Å². The molecule has 0 saturated heterocycles. The lowest BCUT2D eigenvalue weighted by atomic mass is 9.95. The van der Waals surface area contributed by atoms with E-state index in [9.17, 15) is 9.59 Å². The van der Waals surface area contributed by atoms with Crippen LogP contribution in [0.1, 0.15) is 50.9 Å². The smallest absolute Gasteiger partial charge is 0.341 e. The number of anilines is 1. The predicted octanol–water partition coefficient (Wildman–Crippen LogP) is 3.78. The zero-order valence-corrected chi connectivity index (χ0v) is 15.2. The summed E-state index contributed by atoms with van der Waals surface area (Å²) in [5.74, 6) is 0.523. The fourth-order valence-corrected chi connectivity index (χ4v) is 4.56. The van der Waals surface area contributed by atoms with E-state index in [-0.39, 0.29) is 18.7 Å². The van der Waals surface area contributed by atoms with E-state index in [0.29, 0.717) is 34.2 Å². The van der Waals surface area contributed by atoms with Crippen molar-refractivity contribution in [1.29, 1.82) is 0 Å². The quantitative estimate of drug-likeness (QED) is 0.826. The summed E-state index contributed by atoms with van der Waals surface area (Å²) in [7, 11) is 0. The molecule has 0 fully saturated rings. The highest BCUT2D eigenvalue weighted by Crippen LogP contribution is 2.39. The molecule has 1 aliphatic heterocycles. The first-order valence-electron chi connectivity index (χ1n) is 8.70. The van der Waals surface area contributed by atoms with Gasteiger partial charge >= 0.3 is 5.97 Å². The van der Waals surface area contributed by atoms with Crippen molar-refractivity contribution in [3.05, 3.63) is 39.8 Å². The van der Waals surface area contributed by atoms with Gasteiger partial charge < -0.3 is 19.5 Å². The average molecular weight is 373 g/mol. The van der Waals surface area contributed by atoms with Gasteiger partial charge in [0.2, 0.25) is 6.79 Å². The number of thiophene rings is 1. The number of fused-ring (bicyclic) bond motifs is 2. The Morgan fingerprint density at radius 1 is 1.19 bits per heavy atom. The zero-order valence-electron chi connectivity index (χ0n) is 14.4. The number of rotatable bonds is 4. The number of benzene rings is 1. The number of amides is 1. The molecule has 2 heterocycles. The van der Waals surface area contributed by atoms with E-state index in [4.69, 9.17) is 14.2 Å². The van der Waals surface area contributed by atoms with E-state index in [2.05, 4.69) is 5.32 Å². The molecule has 4 rings (SSSR count). The van der Waals surface area contributed by atoms with Gasteiger partial charge in [-0.15, -0.1) is 11.3 Å². The van der Waals surface area contributed by atoms with Gasteiger partial charge in [-0.3, -0.25) is 4.79 Å². The minimum absolute atomic E-state index is 0.158. The lowest BCUT2D eigenvalue weighted by molar-refractivity contribution is 0.0526. The van der Waals surface area contributed by atoms with Crippen LogP contribution in [0.25, 0.3) is 0 Å². The first kappa shape index (κ1) is 16.9. The van der Waals surface area contributed by atoms with Crippen LogP contribution in [0, 0.1) is 0 Å². The minimum Gasteiger partial charge on any atom is -0.462 e. The summed E-state index contributed by atoms with van der Waals surface area (Å²) in [6, 6.07) is 5.04. The fourth-order valence-electron chi connectivity index (χ4n) is 3.29. The van der Waals surface area contributed by atoms with Crippen LogP contribution in [0.4, 0.5) is 5.00 Å². The molecule has 2 aromatic rings. The molecular weight excluding hydrogens is 354 g/mol. The maximum atomic E-state index is 12.7. The number of carbonyl (C=O) groups excluding carboxylic acids is 2. The monoisotopic (exact) mass is 373 g/mol. The average Bonchev–Trinajstić information content (AvgIpc) is 3.25. The van der Waals surface area contributed by atoms with Crippen molar-refractivity contribution in [3.8, 4) is 11.5 Å². The molecule has 1 aliphatic carbocycles. The third-order valence-electron chi connectivity index (χ3n) is 4.51. The lowest BCUT2D eigenvalue weighted by Crippen LogP contribution is -2.15. The highest BCUT2D eigenvalue weighted by Gasteiger charge is 2.27. The molecule has 7 heteroatoms. The number of hydrogen-bond donors (Lipinski definition) is 1. The molecule has 1 aromatic heterocycles. The molecule has 2 aliphatic rings. The number of hydrogen-bond acceptors (Lipinski definition) is 6. The van der Waals surface area contributed by atoms with Crippen LogP contribution in [0.15, 0.2) is 18.2 Å². The lowest BCUT2D eigenvalue weighted by Gasteiger charge is -2.12. The Morgan fingerprint density at radius 2 is 2.00 bits per heavy atom. The molecular formula is C19H19NO5S. The molecule has 6 nitrogen and oxygen atoms in total. The third-order valence-corrected chi connectivity index (χ3v) is 5.72. The molecule has 1 N–H and O–H groups in total. The number of esters is 1. The minimum atomic E-state index is -0.368. The normalized spacial score (nSPS) is 14.7. The van der Waals surface area contributed by atoms with Crippen LogP contribution >= 0.6 is 11.3 Å². The molecule has 0 saturated carbocycles. The Bertz CT molecular complexity index is 873. The third kappa shape index (κ3) is 3.03. The van der Waals surface area contributed by atoms with Crippen LogP contribution in [-0.4, -0.2) is 25.3 Å². The highest BCUT2D eigenvalue weighted by atomic mass is 32.1. The summed E-state index contributed by atoms with van der Waals surface area (Å²) in [4.78, 5) is 26.3. The van der Waals surface area contributed by atoms with Crippen molar-refractivity contribution in [2.24, 2.45) is 0 Å². The maximum Gasteiger partial charge on any atom is 0.341 e. The van der Waals surface area contributed by atoms with Gasteiger partial charge in [0.1, 0.15) is 5.00 Å². The number of nitrogens with one attached hydrogen (secondary N) is 1. The van der Waals surface area contributed by atoms with Crippen molar-refractivity contribution < 1.29 is 23.8 Å². The van der Waals surface area contributed by atoms with Crippen molar-refractivity contribution in [2.45, 2.75) is 32.6 Å².